The van der Waals surface area contributed by atoms with Gasteiger partial charge in [0.05, 0.1) is 0 Å². The van der Waals surface area contributed by atoms with Crippen LogP contribution in [0.15, 0.2) is 0 Å². The molecule has 0 aliphatic heterocycles. The second-order valence-corrected chi connectivity index (χ2v) is 5.40. The highest BCUT2D eigenvalue weighted by atomic mass is 15.1. The number of likely N-dealkylation sites (N-methyl/N-ethyl adjacent to an activating group) is 1. The Morgan fingerprint density at radius 3 is 2.25 bits per heavy atom. The molecule has 0 aromatic carbocycles. The SMILES string of the molecule is CCCCCCC(CN)N(C)CCC(C)C. The summed E-state index contributed by atoms with van der Waals surface area (Å²) in [5.74, 6) is 0.793. The van der Waals surface area contributed by atoms with Crippen LogP contribution in [0.4, 0.5) is 0 Å². The molecule has 0 aliphatic rings. The summed E-state index contributed by atoms with van der Waals surface area (Å²) in [6.07, 6.45) is 7.93. The maximum Gasteiger partial charge on any atom is 0.0215 e. The molecule has 0 fully saturated rings. The number of nitrogens with zero attached hydrogens (tertiary/aromatic N) is 1. The first-order valence-electron chi connectivity index (χ1n) is 7.02. The number of nitrogens with two attached hydrogens (primary N) is 1. The third-order valence-electron chi connectivity index (χ3n) is 3.35. The van der Waals surface area contributed by atoms with E-state index >= 15 is 0 Å². The summed E-state index contributed by atoms with van der Waals surface area (Å²) in [5, 5.41) is 0. The van der Waals surface area contributed by atoms with Crippen LogP contribution in [-0.2, 0) is 0 Å². The molecule has 0 saturated heterocycles. The summed E-state index contributed by atoms with van der Waals surface area (Å²) in [4.78, 5) is 2.45. The normalized spacial score (nSPS) is 13.7. The first-order valence-corrected chi connectivity index (χ1v) is 7.02. The number of hydrogen-bond acceptors (Lipinski definition) is 2. The lowest BCUT2D eigenvalue weighted by Crippen LogP contribution is -2.38. The molecule has 2 nitrogen and oxygen atoms in total. The lowest BCUT2D eigenvalue weighted by Gasteiger charge is -2.27. The van der Waals surface area contributed by atoms with Crippen molar-refractivity contribution in [1.29, 1.82) is 0 Å². The van der Waals surface area contributed by atoms with Crippen LogP contribution in [0.5, 0.6) is 0 Å². The van der Waals surface area contributed by atoms with E-state index in [1.54, 1.807) is 0 Å². The summed E-state index contributed by atoms with van der Waals surface area (Å²) in [7, 11) is 2.22. The third kappa shape index (κ3) is 8.12. The quantitative estimate of drug-likeness (QED) is 0.582. The Labute approximate surface area is 103 Å². The van der Waals surface area contributed by atoms with Gasteiger partial charge >= 0.3 is 0 Å². The molecule has 16 heavy (non-hydrogen) atoms. The number of unbranched alkanes of at least 4 members (excludes halogenated alkanes) is 3. The van der Waals surface area contributed by atoms with Gasteiger partial charge in [0.2, 0.25) is 0 Å². The lowest BCUT2D eigenvalue weighted by molar-refractivity contribution is 0.219. The Balaban J connectivity index is 3.69. The highest BCUT2D eigenvalue weighted by Gasteiger charge is 2.12. The van der Waals surface area contributed by atoms with Crippen LogP contribution in [-0.4, -0.2) is 31.1 Å². The van der Waals surface area contributed by atoms with E-state index in [9.17, 15) is 0 Å². The fourth-order valence-corrected chi connectivity index (χ4v) is 1.97. The molecular formula is C14H32N2. The van der Waals surface area contributed by atoms with E-state index in [0.29, 0.717) is 6.04 Å². The Kier molecular flexibility index (Phi) is 10.0. The summed E-state index contributed by atoms with van der Waals surface area (Å²) in [6.45, 7) is 8.82. The average Bonchev–Trinajstić information content (AvgIpc) is 2.26. The maximum absolute atomic E-state index is 5.85. The Morgan fingerprint density at radius 2 is 1.75 bits per heavy atom. The molecule has 0 aromatic rings. The van der Waals surface area contributed by atoms with Gasteiger partial charge in [-0.15, -0.1) is 0 Å². The molecule has 0 radical (unpaired) electrons. The van der Waals surface area contributed by atoms with Crippen LogP contribution in [0, 0.1) is 5.92 Å². The first-order chi connectivity index (χ1) is 7.61. The van der Waals surface area contributed by atoms with Crippen LogP contribution < -0.4 is 5.73 Å². The predicted molar refractivity (Wildman–Crippen MR) is 73.7 cm³/mol. The van der Waals surface area contributed by atoms with Crippen LogP contribution >= 0.6 is 0 Å². The van der Waals surface area contributed by atoms with Crippen molar-refractivity contribution in [3.63, 3.8) is 0 Å². The van der Waals surface area contributed by atoms with Gasteiger partial charge in [-0.3, -0.25) is 0 Å². The van der Waals surface area contributed by atoms with E-state index in [-0.39, 0.29) is 0 Å². The van der Waals surface area contributed by atoms with Crippen molar-refractivity contribution in [2.45, 2.75) is 65.3 Å². The largest absolute Gasteiger partial charge is 0.329 e. The van der Waals surface area contributed by atoms with Gasteiger partial charge < -0.3 is 10.6 Å². The molecule has 1 unspecified atom stereocenters. The van der Waals surface area contributed by atoms with E-state index in [4.69, 9.17) is 5.73 Å². The van der Waals surface area contributed by atoms with Crippen molar-refractivity contribution in [3.8, 4) is 0 Å². The smallest absolute Gasteiger partial charge is 0.0215 e. The minimum Gasteiger partial charge on any atom is -0.329 e. The zero-order chi connectivity index (χ0) is 12.4. The molecule has 1 atom stereocenters. The second kappa shape index (κ2) is 10.1. The minimum absolute atomic E-state index is 0.593. The van der Waals surface area contributed by atoms with Crippen molar-refractivity contribution < 1.29 is 0 Å². The van der Waals surface area contributed by atoms with Crippen LogP contribution in [0.1, 0.15) is 59.3 Å². The van der Waals surface area contributed by atoms with E-state index in [1.165, 1.54) is 45.1 Å². The fraction of sp³-hybridized carbons (Fsp3) is 1.00. The lowest BCUT2D eigenvalue weighted by atomic mass is 10.0. The predicted octanol–water partition coefficient (Wildman–Crippen LogP) is 3.26. The molecule has 0 aromatic heterocycles. The summed E-state index contributed by atoms with van der Waals surface area (Å²) in [5.41, 5.74) is 5.85. The van der Waals surface area contributed by atoms with E-state index < -0.39 is 0 Å². The van der Waals surface area contributed by atoms with Gasteiger partial charge in [-0.1, -0.05) is 46.5 Å². The van der Waals surface area contributed by atoms with Crippen LogP contribution in [0.25, 0.3) is 0 Å². The van der Waals surface area contributed by atoms with E-state index in [1.807, 2.05) is 0 Å². The van der Waals surface area contributed by atoms with Gasteiger partial charge in [0.25, 0.3) is 0 Å². The molecule has 2 N–H and O–H groups in total. The highest BCUT2D eigenvalue weighted by molar-refractivity contribution is 4.70. The van der Waals surface area contributed by atoms with Crippen LogP contribution in [0.3, 0.4) is 0 Å². The number of hydrogen-bond donors (Lipinski definition) is 1. The standard InChI is InChI=1S/C14H32N2/c1-5-6-7-8-9-14(12-15)16(4)11-10-13(2)3/h13-14H,5-12,15H2,1-4H3. The molecule has 0 heterocycles. The summed E-state index contributed by atoms with van der Waals surface area (Å²) >= 11 is 0. The molecule has 0 spiro atoms. The van der Waals surface area contributed by atoms with Crippen molar-refractivity contribution in [1.82, 2.24) is 4.90 Å². The summed E-state index contributed by atoms with van der Waals surface area (Å²) in [6, 6.07) is 0.593. The summed E-state index contributed by atoms with van der Waals surface area (Å²) < 4.78 is 0. The zero-order valence-corrected chi connectivity index (χ0v) is 11.8. The maximum atomic E-state index is 5.85. The van der Waals surface area contributed by atoms with Crippen molar-refractivity contribution in [2.75, 3.05) is 20.1 Å². The first kappa shape index (κ1) is 15.9. The van der Waals surface area contributed by atoms with Gasteiger partial charge in [-0.25, -0.2) is 0 Å². The van der Waals surface area contributed by atoms with Gasteiger partial charge in [-0.2, -0.15) is 0 Å². The molecule has 0 bridgehead atoms. The van der Waals surface area contributed by atoms with Gasteiger partial charge in [0.1, 0.15) is 0 Å². The molecule has 2 heteroatoms. The van der Waals surface area contributed by atoms with Crippen LogP contribution in [0.2, 0.25) is 0 Å². The van der Waals surface area contributed by atoms with Crippen molar-refractivity contribution in [2.24, 2.45) is 11.7 Å². The zero-order valence-electron chi connectivity index (χ0n) is 11.8. The molecule has 0 aliphatic carbocycles. The minimum atomic E-state index is 0.593. The van der Waals surface area contributed by atoms with E-state index in [0.717, 1.165) is 12.5 Å². The fourth-order valence-electron chi connectivity index (χ4n) is 1.97. The number of rotatable bonds is 10. The van der Waals surface area contributed by atoms with Crippen molar-refractivity contribution in [3.05, 3.63) is 0 Å². The Bertz CT molecular complexity index is 146. The third-order valence-corrected chi connectivity index (χ3v) is 3.35. The highest BCUT2D eigenvalue weighted by Crippen LogP contribution is 2.10. The monoisotopic (exact) mass is 228 g/mol. The Hall–Kier alpha value is -0.0800. The Morgan fingerprint density at radius 1 is 1.06 bits per heavy atom. The van der Waals surface area contributed by atoms with E-state index in [2.05, 4.69) is 32.7 Å². The van der Waals surface area contributed by atoms with Crippen molar-refractivity contribution >= 4 is 0 Å². The molecule has 0 rings (SSSR count). The molecule has 0 saturated carbocycles. The van der Waals surface area contributed by atoms with Gasteiger partial charge in [0, 0.05) is 12.6 Å². The average molecular weight is 228 g/mol. The topological polar surface area (TPSA) is 29.3 Å². The second-order valence-electron chi connectivity index (χ2n) is 5.40. The van der Waals surface area contributed by atoms with Gasteiger partial charge in [0.15, 0.2) is 0 Å². The molecule has 0 amide bonds. The van der Waals surface area contributed by atoms with Gasteiger partial charge in [-0.05, 0) is 32.4 Å². The molecule has 98 valence electrons. The molecular weight excluding hydrogens is 196 g/mol.